The molecule has 0 aliphatic carbocycles. The standard InChI is InChI=1S/C3H5NO2S/c1-2-6-3(7)4-5/h2H2,1H3. The first kappa shape index (κ1) is 6.49. The van der Waals surface area contributed by atoms with E-state index in [1.54, 1.807) is 6.92 Å². The van der Waals surface area contributed by atoms with E-state index in [-0.39, 0.29) is 5.17 Å². The molecule has 0 aliphatic heterocycles. The first-order valence-corrected chi connectivity index (χ1v) is 2.22. The Balaban J connectivity index is 3.17. The number of rotatable bonds is 1. The number of nitrogens with zero attached hydrogens (tertiary/aromatic N) is 1. The smallest absolute Gasteiger partial charge is 0.323 e. The van der Waals surface area contributed by atoms with Crippen LogP contribution in [0.2, 0.25) is 0 Å². The predicted octanol–water partition coefficient (Wildman–Crippen LogP) is 1.07. The van der Waals surface area contributed by atoms with Gasteiger partial charge in [0.1, 0.15) is 0 Å². The fourth-order valence-electron chi connectivity index (χ4n) is 0.150. The number of hydrogen-bond donors (Lipinski definition) is 0. The van der Waals surface area contributed by atoms with Crippen molar-refractivity contribution in [3.8, 4) is 0 Å². The predicted molar refractivity (Wildman–Crippen MR) is 30.0 cm³/mol. The van der Waals surface area contributed by atoms with Crippen LogP contribution in [0, 0.1) is 4.91 Å². The summed E-state index contributed by atoms with van der Waals surface area (Å²) in [7, 11) is 0. The highest BCUT2D eigenvalue weighted by atomic mass is 32.1. The van der Waals surface area contributed by atoms with Crippen molar-refractivity contribution in [3.05, 3.63) is 4.91 Å². The van der Waals surface area contributed by atoms with Crippen LogP contribution in [0.15, 0.2) is 5.18 Å². The molecule has 0 saturated heterocycles. The van der Waals surface area contributed by atoms with Gasteiger partial charge < -0.3 is 4.74 Å². The van der Waals surface area contributed by atoms with E-state index in [4.69, 9.17) is 0 Å². The third-order valence-corrected chi connectivity index (χ3v) is 0.535. The Morgan fingerprint density at radius 3 is 2.71 bits per heavy atom. The zero-order valence-electron chi connectivity index (χ0n) is 3.88. The Morgan fingerprint density at radius 1 is 2.00 bits per heavy atom. The molecule has 0 unspecified atom stereocenters. The van der Waals surface area contributed by atoms with Crippen LogP contribution in [0.25, 0.3) is 0 Å². The van der Waals surface area contributed by atoms with Gasteiger partial charge in [-0.15, -0.1) is 4.91 Å². The molecule has 0 fully saturated rings. The van der Waals surface area contributed by atoms with Crippen LogP contribution in [0.5, 0.6) is 0 Å². The van der Waals surface area contributed by atoms with E-state index in [0.717, 1.165) is 0 Å². The van der Waals surface area contributed by atoms with Crippen molar-refractivity contribution in [2.24, 2.45) is 5.18 Å². The Morgan fingerprint density at radius 2 is 2.57 bits per heavy atom. The van der Waals surface area contributed by atoms with Gasteiger partial charge in [0.05, 0.1) is 6.61 Å². The van der Waals surface area contributed by atoms with Crippen molar-refractivity contribution in [3.63, 3.8) is 0 Å². The second kappa shape index (κ2) is 3.67. The lowest BCUT2D eigenvalue weighted by atomic mass is 10.9. The largest absolute Gasteiger partial charge is 0.468 e. The molecule has 0 atom stereocenters. The molecule has 0 radical (unpaired) electrons. The minimum absolute atomic E-state index is 0.220. The summed E-state index contributed by atoms with van der Waals surface area (Å²) in [6.07, 6.45) is 0. The van der Waals surface area contributed by atoms with Crippen LogP contribution < -0.4 is 0 Å². The molecule has 0 aliphatic rings. The van der Waals surface area contributed by atoms with E-state index in [1.807, 2.05) is 0 Å². The quantitative estimate of drug-likeness (QED) is 0.383. The van der Waals surface area contributed by atoms with Gasteiger partial charge in [-0.3, -0.25) is 0 Å². The summed E-state index contributed by atoms with van der Waals surface area (Å²) in [5.74, 6) is 0. The van der Waals surface area contributed by atoms with E-state index in [1.165, 1.54) is 0 Å². The van der Waals surface area contributed by atoms with E-state index in [2.05, 4.69) is 22.1 Å². The third-order valence-electron chi connectivity index (χ3n) is 0.342. The summed E-state index contributed by atoms with van der Waals surface area (Å²) < 4.78 is 4.44. The number of hydrogen-bond acceptors (Lipinski definition) is 3. The van der Waals surface area contributed by atoms with Gasteiger partial charge in [-0.1, -0.05) is 0 Å². The minimum atomic E-state index is -0.220. The first-order valence-electron chi connectivity index (χ1n) is 1.81. The van der Waals surface area contributed by atoms with Gasteiger partial charge in [0.15, 0.2) is 0 Å². The summed E-state index contributed by atoms with van der Waals surface area (Å²) in [5, 5.41) is 2.12. The molecule has 0 amide bonds. The molecular formula is C3H5NO2S. The molecule has 0 aromatic carbocycles. The van der Waals surface area contributed by atoms with Crippen molar-refractivity contribution in [2.75, 3.05) is 6.61 Å². The molecule has 0 rings (SSSR count). The maximum atomic E-state index is 9.38. The third kappa shape index (κ3) is 3.32. The fourth-order valence-corrected chi connectivity index (χ4v) is 0.268. The second-order valence-electron chi connectivity index (χ2n) is 0.790. The zero-order valence-corrected chi connectivity index (χ0v) is 4.70. The molecular weight excluding hydrogens is 114 g/mol. The first-order chi connectivity index (χ1) is 3.31. The average molecular weight is 119 g/mol. The van der Waals surface area contributed by atoms with Crippen LogP contribution in [-0.4, -0.2) is 11.8 Å². The summed E-state index contributed by atoms with van der Waals surface area (Å²) in [5.41, 5.74) is 0. The second-order valence-corrected chi connectivity index (χ2v) is 1.14. The van der Waals surface area contributed by atoms with E-state index in [0.29, 0.717) is 6.61 Å². The van der Waals surface area contributed by atoms with Gasteiger partial charge in [-0.25, -0.2) is 0 Å². The minimum Gasteiger partial charge on any atom is -0.468 e. The molecule has 0 spiro atoms. The molecule has 0 N–H and O–H groups in total. The summed E-state index contributed by atoms with van der Waals surface area (Å²) >= 11 is 4.25. The van der Waals surface area contributed by atoms with Crippen LogP contribution >= 0.6 is 12.2 Å². The van der Waals surface area contributed by atoms with Crippen LogP contribution in [0.4, 0.5) is 0 Å². The molecule has 0 aromatic heterocycles. The Kier molecular flexibility index (Phi) is 3.40. The van der Waals surface area contributed by atoms with E-state index < -0.39 is 0 Å². The molecule has 0 saturated carbocycles. The molecule has 4 heteroatoms. The van der Waals surface area contributed by atoms with Gasteiger partial charge in [-0.2, -0.15) is 0 Å². The lowest BCUT2D eigenvalue weighted by molar-refractivity contribution is 0.331. The molecule has 7 heavy (non-hydrogen) atoms. The van der Waals surface area contributed by atoms with Gasteiger partial charge in [0, 0.05) is 5.18 Å². The van der Waals surface area contributed by atoms with Crippen molar-refractivity contribution in [2.45, 2.75) is 6.92 Å². The van der Waals surface area contributed by atoms with Crippen LogP contribution in [0.1, 0.15) is 6.92 Å². The SMILES string of the molecule is CCOC(=S)N=O. The molecule has 0 bridgehead atoms. The number of nitroso groups, excluding NO2 is 1. The van der Waals surface area contributed by atoms with Gasteiger partial charge in [0.25, 0.3) is 0 Å². The van der Waals surface area contributed by atoms with Crippen molar-refractivity contribution >= 4 is 17.4 Å². The van der Waals surface area contributed by atoms with Gasteiger partial charge in [0.2, 0.25) is 0 Å². The Hall–Kier alpha value is -0.510. The number of thiocarbonyl (C=S) groups is 1. The van der Waals surface area contributed by atoms with E-state index >= 15 is 0 Å². The van der Waals surface area contributed by atoms with Crippen molar-refractivity contribution < 1.29 is 4.74 Å². The highest BCUT2D eigenvalue weighted by Crippen LogP contribution is 1.79. The lowest BCUT2D eigenvalue weighted by Crippen LogP contribution is -1.94. The summed E-state index contributed by atoms with van der Waals surface area (Å²) in [4.78, 5) is 9.38. The van der Waals surface area contributed by atoms with Gasteiger partial charge >= 0.3 is 5.17 Å². The normalized spacial score (nSPS) is 7.57. The van der Waals surface area contributed by atoms with Gasteiger partial charge in [-0.05, 0) is 19.1 Å². The summed E-state index contributed by atoms with van der Waals surface area (Å²) in [6.45, 7) is 2.14. The maximum Gasteiger partial charge on any atom is 0.323 e. The highest BCUT2D eigenvalue weighted by Gasteiger charge is 1.87. The van der Waals surface area contributed by atoms with E-state index in [9.17, 15) is 4.91 Å². The Labute approximate surface area is 46.6 Å². The zero-order chi connectivity index (χ0) is 5.70. The lowest BCUT2D eigenvalue weighted by Gasteiger charge is -1.90. The molecule has 0 aromatic rings. The topological polar surface area (TPSA) is 38.7 Å². The van der Waals surface area contributed by atoms with Crippen molar-refractivity contribution in [1.82, 2.24) is 0 Å². The Bertz CT molecular complexity index is 83.0. The number of ether oxygens (including phenoxy) is 1. The maximum absolute atomic E-state index is 9.38. The average Bonchev–Trinajstić information content (AvgIpc) is 1.68. The molecule has 40 valence electrons. The fraction of sp³-hybridized carbons (Fsp3) is 0.667. The summed E-state index contributed by atoms with van der Waals surface area (Å²) in [6, 6.07) is 0. The highest BCUT2D eigenvalue weighted by molar-refractivity contribution is 7.80. The molecule has 0 heterocycles. The van der Waals surface area contributed by atoms with Crippen molar-refractivity contribution in [1.29, 1.82) is 0 Å². The van der Waals surface area contributed by atoms with Crippen LogP contribution in [0.3, 0.4) is 0 Å². The monoisotopic (exact) mass is 119 g/mol. The molecule has 3 nitrogen and oxygen atoms in total. The van der Waals surface area contributed by atoms with Crippen LogP contribution in [-0.2, 0) is 4.74 Å².